The summed E-state index contributed by atoms with van der Waals surface area (Å²) in [4.78, 5) is 15.0. The van der Waals surface area contributed by atoms with Gasteiger partial charge in [-0.1, -0.05) is 18.2 Å². The number of hydrogen-bond donors (Lipinski definition) is 2. The van der Waals surface area contributed by atoms with Gasteiger partial charge in [0.05, 0.1) is 5.56 Å². The highest BCUT2D eigenvalue weighted by Crippen LogP contribution is 2.37. The molecule has 0 unspecified atom stereocenters. The average Bonchev–Trinajstić information content (AvgIpc) is 3.15. The zero-order chi connectivity index (χ0) is 17.9. The van der Waals surface area contributed by atoms with Crippen molar-refractivity contribution in [2.24, 2.45) is 0 Å². The number of halogens is 3. The molecule has 1 aliphatic heterocycles. The highest BCUT2D eigenvalue weighted by molar-refractivity contribution is 5.92. The van der Waals surface area contributed by atoms with Crippen LogP contribution in [0.5, 0.6) is 0 Å². The average molecular weight is 352 g/mol. The van der Waals surface area contributed by atoms with Gasteiger partial charge in [0.1, 0.15) is 5.69 Å². The van der Waals surface area contributed by atoms with E-state index >= 15 is 0 Å². The maximum Gasteiger partial charge on any atom is 0.416 e. The summed E-state index contributed by atoms with van der Waals surface area (Å²) in [6, 6.07) is 8.73. The standard InChI is InChI=1S/C18H19F3N2O2/c19-18(20,21)14-4-1-3-13(11-14)17(6-9-25-10-7-17)12-23-16(24)15-5-2-8-22-15/h1-5,8,11,22H,6-7,9-10,12H2,(H,23,24). The molecule has 4 nitrogen and oxygen atoms in total. The highest BCUT2D eigenvalue weighted by Gasteiger charge is 2.37. The summed E-state index contributed by atoms with van der Waals surface area (Å²) < 4.78 is 44.6. The van der Waals surface area contributed by atoms with E-state index in [-0.39, 0.29) is 12.5 Å². The first kappa shape index (κ1) is 17.5. The molecule has 1 aromatic carbocycles. The van der Waals surface area contributed by atoms with Gasteiger partial charge >= 0.3 is 6.18 Å². The van der Waals surface area contributed by atoms with E-state index in [9.17, 15) is 18.0 Å². The predicted molar refractivity (Wildman–Crippen MR) is 86.3 cm³/mol. The van der Waals surface area contributed by atoms with Gasteiger partial charge in [-0.05, 0) is 36.6 Å². The van der Waals surface area contributed by atoms with Gasteiger partial charge in [0.2, 0.25) is 0 Å². The molecule has 1 aliphatic rings. The number of amides is 1. The van der Waals surface area contributed by atoms with Crippen molar-refractivity contribution in [2.75, 3.05) is 19.8 Å². The quantitative estimate of drug-likeness (QED) is 0.885. The number of rotatable bonds is 4. The van der Waals surface area contributed by atoms with Crippen LogP contribution in [-0.4, -0.2) is 30.6 Å². The van der Waals surface area contributed by atoms with E-state index in [4.69, 9.17) is 4.74 Å². The minimum Gasteiger partial charge on any atom is -0.381 e. The van der Waals surface area contributed by atoms with Crippen LogP contribution in [0.1, 0.15) is 34.5 Å². The Morgan fingerprint density at radius 1 is 1.20 bits per heavy atom. The molecule has 0 aliphatic carbocycles. The Morgan fingerprint density at radius 3 is 2.60 bits per heavy atom. The van der Waals surface area contributed by atoms with Crippen LogP contribution in [0.3, 0.4) is 0 Å². The number of ether oxygens (including phenoxy) is 1. The van der Waals surface area contributed by atoms with Gasteiger partial charge in [-0.25, -0.2) is 0 Å². The highest BCUT2D eigenvalue weighted by atomic mass is 19.4. The van der Waals surface area contributed by atoms with Crippen LogP contribution in [0.2, 0.25) is 0 Å². The maximum absolute atomic E-state index is 13.1. The number of hydrogen-bond acceptors (Lipinski definition) is 2. The molecule has 7 heteroatoms. The van der Waals surface area contributed by atoms with Crippen molar-refractivity contribution in [1.82, 2.24) is 10.3 Å². The lowest BCUT2D eigenvalue weighted by molar-refractivity contribution is -0.137. The Balaban J connectivity index is 1.85. The Bertz CT molecular complexity index is 720. The second-order valence-electron chi connectivity index (χ2n) is 6.24. The first-order valence-corrected chi connectivity index (χ1v) is 8.08. The van der Waals surface area contributed by atoms with Gasteiger partial charge in [-0.15, -0.1) is 0 Å². The summed E-state index contributed by atoms with van der Waals surface area (Å²) in [7, 11) is 0. The third-order valence-corrected chi connectivity index (χ3v) is 4.68. The molecule has 2 N–H and O–H groups in total. The van der Waals surface area contributed by atoms with Gasteiger partial charge in [-0.3, -0.25) is 4.79 Å². The van der Waals surface area contributed by atoms with Crippen molar-refractivity contribution >= 4 is 5.91 Å². The number of H-pyrrole nitrogens is 1. The molecule has 0 saturated carbocycles. The molecular weight excluding hydrogens is 333 g/mol. The van der Waals surface area contributed by atoms with Crippen LogP contribution in [0.4, 0.5) is 13.2 Å². The third-order valence-electron chi connectivity index (χ3n) is 4.68. The van der Waals surface area contributed by atoms with E-state index in [0.29, 0.717) is 37.3 Å². The largest absolute Gasteiger partial charge is 0.416 e. The molecule has 0 spiro atoms. The number of carbonyl (C=O) groups is 1. The lowest BCUT2D eigenvalue weighted by Crippen LogP contribution is -2.44. The fraction of sp³-hybridized carbons (Fsp3) is 0.389. The molecule has 3 rings (SSSR count). The van der Waals surface area contributed by atoms with E-state index in [1.165, 1.54) is 12.1 Å². The summed E-state index contributed by atoms with van der Waals surface area (Å²) in [5, 5.41) is 2.85. The molecule has 1 saturated heterocycles. The number of carbonyl (C=O) groups excluding carboxylic acids is 1. The molecule has 1 fully saturated rings. The van der Waals surface area contributed by atoms with Crippen molar-refractivity contribution in [3.8, 4) is 0 Å². The van der Waals surface area contributed by atoms with Gasteiger partial charge in [-0.2, -0.15) is 13.2 Å². The summed E-state index contributed by atoms with van der Waals surface area (Å²) in [6.45, 7) is 1.17. The Morgan fingerprint density at radius 2 is 1.96 bits per heavy atom. The van der Waals surface area contributed by atoms with E-state index in [1.54, 1.807) is 24.4 Å². The van der Waals surface area contributed by atoms with Gasteiger partial charge in [0.15, 0.2) is 0 Å². The fourth-order valence-electron chi connectivity index (χ4n) is 3.17. The molecule has 2 heterocycles. The van der Waals surface area contributed by atoms with Crippen molar-refractivity contribution in [3.63, 3.8) is 0 Å². The SMILES string of the molecule is O=C(NCC1(c2cccc(C(F)(F)F)c2)CCOCC1)c1ccc[nH]1. The van der Waals surface area contributed by atoms with Crippen LogP contribution in [0.25, 0.3) is 0 Å². The molecule has 25 heavy (non-hydrogen) atoms. The fourth-order valence-corrected chi connectivity index (χ4v) is 3.17. The minimum atomic E-state index is -4.39. The van der Waals surface area contributed by atoms with Gasteiger partial charge in [0, 0.05) is 31.4 Å². The second kappa shape index (κ2) is 6.92. The van der Waals surface area contributed by atoms with Crippen molar-refractivity contribution in [1.29, 1.82) is 0 Å². The van der Waals surface area contributed by atoms with Crippen molar-refractivity contribution in [2.45, 2.75) is 24.4 Å². The van der Waals surface area contributed by atoms with Crippen LogP contribution in [0, 0.1) is 0 Å². The van der Waals surface area contributed by atoms with Crippen LogP contribution < -0.4 is 5.32 Å². The van der Waals surface area contributed by atoms with Gasteiger partial charge < -0.3 is 15.0 Å². The van der Waals surface area contributed by atoms with Crippen LogP contribution >= 0.6 is 0 Å². The topological polar surface area (TPSA) is 54.1 Å². The Hall–Kier alpha value is -2.28. The van der Waals surface area contributed by atoms with E-state index in [0.717, 1.165) is 6.07 Å². The first-order chi connectivity index (χ1) is 11.9. The molecule has 134 valence electrons. The summed E-state index contributed by atoms with van der Waals surface area (Å²) >= 11 is 0. The van der Waals surface area contributed by atoms with E-state index < -0.39 is 17.2 Å². The normalized spacial score (nSPS) is 17.2. The van der Waals surface area contributed by atoms with E-state index in [2.05, 4.69) is 10.3 Å². The number of alkyl halides is 3. The van der Waals surface area contributed by atoms with Crippen LogP contribution in [0.15, 0.2) is 42.6 Å². The lowest BCUT2D eigenvalue weighted by Gasteiger charge is -2.38. The predicted octanol–water partition coefficient (Wildman–Crippen LogP) is 3.51. The number of aromatic nitrogens is 1. The van der Waals surface area contributed by atoms with Gasteiger partial charge in [0.25, 0.3) is 5.91 Å². The molecule has 0 radical (unpaired) electrons. The second-order valence-corrected chi connectivity index (χ2v) is 6.24. The third kappa shape index (κ3) is 3.87. The van der Waals surface area contributed by atoms with Crippen molar-refractivity contribution < 1.29 is 22.7 Å². The smallest absolute Gasteiger partial charge is 0.381 e. The molecule has 0 bridgehead atoms. The zero-order valence-electron chi connectivity index (χ0n) is 13.5. The number of nitrogens with one attached hydrogen (secondary N) is 2. The minimum absolute atomic E-state index is 0.259. The lowest BCUT2D eigenvalue weighted by atomic mass is 9.73. The summed E-state index contributed by atoms with van der Waals surface area (Å²) in [5.41, 5.74) is -0.239. The summed E-state index contributed by atoms with van der Waals surface area (Å²) in [5.74, 6) is -0.275. The molecule has 1 amide bonds. The number of benzene rings is 1. The molecule has 1 aromatic heterocycles. The first-order valence-electron chi connectivity index (χ1n) is 8.08. The molecular formula is C18H19F3N2O2. The summed E-state index contributed by atoms with van der Waals surface area (Å²) in [6.07, 6.45) is -1.64. The monoisotopic (exact) mass is 352 g/mol. The van der Waals surface area contributed by atoms with Crippen molar-refractivity contribution in [3.05, 3.63) is 59.4 Å². The van der Waals surface area contributed by atoms with E-state index in [1.807, 2.05) is 0 Å². The number of aromatic amines is 1. The Labute approximate surface area is 143 Å². The maximum atomic E-state index is 13.1. The molecule has 0 atom stereocenters. The van der Waals surface area contributed by atoms with Crippen LogP contribution in [-0.2, 0) is 16.3 Å². The zero-order valence-corrected chi connectivity index (χ0v) is 13.5. The molecule has 2 aromatic rings. The Kier molecular flexibility index (Phi) is 4.85.